The Morgan fingerprint density at radius 2 is 1.95 bits per heavy atom. The summed E-state index contributed by atoms with van der Waals surface area (Å²) in [7, 11) is -4.26. The minimum absolute atomic E-state index is 0.245. The van der Waals surface area contributed by atoms with Crippen LogP contribution in [-0.2, 0) is 19.6 Å². The van der Waals surface area contributed by atoms with Gasteiger partial charge in [-0.3, -0.25) is 9.59 Å². The number of hydrogen-bond donors (Lipinski definition) is 3. The molecule has 1 unspecified atom stereocenters. The van der Waals surface area contributed by atoms with Gasteiger partial charge in [-0.15, -0.1) is 0 Å². The van der Waals surface area contributed by atoms with Crippen LogP contribution in [-0.4, -0.2) is 36.6 Å². The lowest BCUT2D eigenvalue weighted by Crippen LogP contribution is -2.41. The predicted octanol–water partition coefficient (Wildman–Crippen LogP) is 0.730. The molecule has 1 aromatic carbocycles. The summed E-state index contributed by atoms with van der Waals surface area (Å²) in [5, 5.41) is 17.4. The van der Waals surface area contributed by atoms with Crippen molar-refractivity contribution in [1.82, 2.24) is 4.72 Å². The number of hydrogen-bond acceptors (Lipinski definition) is 4. The first-order valence-electron chi connectivity index (χ1n) is 5.86. The molecular formula is C12H14FNO6S. The SMILES string of the molecule is Cc1ccc(S(=O)(=O)NC(CCC(=O)O)C(=O)O)cc1F. The van der Waals surface area contributed by atoms with Crippen LogP contribution in [0.15, 0.2) is 23.1 Å². The zero-order chi connectivity index (χ0) is 16.2. The molecule has 1 rings (SSSR count). The molecule has 0 aliphatic carbocycles. The van der Waals surface area contributed by atoms with Crippen molar-refractivity contribution in [2.24, 2.45) is 0 Å². The molecule has 7 nitrogen and oxygen atoms in total. The second kappa shape index (κ2) is 6.64. The molecule has 0 aromatic heterocycles. The smallest absolute Gasteiger partial charge is 0.321 e. The van der Waals surface area contributed by atoms with E-state index in [1.807, 2.05) is 4.72 Å². The lowest BCUT2D eigenvalue weighted by molar-refractivity contribution is -0.140. The van der Waals surface area contributed by atoms with E-state index in [9.17, 15) is 22.4 Å². The molecule has 0 fully saturated rings. The number of aryl methyl sites for hydroxylation is 1. The van der Waals surface area contributed by atoms with Crippen molar-refractivity contribution in [3.8, 4) is 0 Å². The van der Waals surface area contributed by atoms with Gasteiger partial charge in [-0.1, -0.05) is 6.07 Å². The van der Waals surface area contributed by atoms with Crippen molar-refractivity contribution in [1.29, 1.82) is 0 Å². The van der Waals surface area contributed by atoms with Gasteiger partial charge in [0.1, 0.15) is 11.9 Å². The molecule has 9 heteroatoms. The fourth-order valence-electron chi connectivity index (χ4n) is 1.50. The van der Waals surface area contributed by atoms with E-state index in [1.165, 1.54) is 13.0 Å². The number of halogens is 1. The van der Waals surface area contributed by atoms with Gasteiger partial charge in [0, 0.05) is 6.42 Å². The van der Waals surface area contributed by atoms with Crippen LogP contribution in [0.3, 0.4) is 0 Å². The van der Waals surface area contributed by atoms with E-state index in [-0.39, 0.29) is 5.56 Å². The van der Waals surface area contributed by atoms with E-state index in [0.29, 0.717) is 0 Å². The summed E-state index contributed by atoms with van der Waals surface area (Å²) in [6.07, 6.45) is -0.931. The Bertz CT molecular complexity index is 658. The van der Waals surface area contributed by atoms with Gasteiger partial charge in [-0.05, 0) is 31.0 Å². The normalized spacial score (nSPS) is 12.9. The maximum atomic E-state index is 13.4. The van der Waals surface area contributed by atoms with E-state index in [4.69, 9.17) is 10.2 Å². The van der Waals surface area contributed by atoms with Crippen LogP contribution in [0.2, 0.25) is 0 Å². The molecule has 0 heterocycles. The van der Waals surface area contributed by atoms with Gasteiger partial charge >= 0.3 is 11.9 Å². The summed E-state index contributed by atoms with van der Waals surface area (Å²) in [6.45, 7) is 1.45. The molecule has 3 N–H and O–H groups in total. The van der Waals surface area contributed by atoms with Crippen LogP contribution in [0.5, 0.6) is 0 Å². The summed E-state index contributed by atoms with van der Waals surface area (Å²) in [4.78, 5) is 20.9. The van der Waals surface area contributed by atoms with Crippen LogP contribution in [0, 0.1) is 12.7 Å². The van der Waals surface area contributed by atoms with Crippen LogP contribution in [0.1, 0.15) is 18.4 Å². The minimum atomic E-state index is -4.26. The zero-order valence-electron chi connectivity index (χ0n) is 11.0. The molecule has 0 radical (unpaired) electrons. The van der Waals surface area contributed by atoms with Gasteiger partial charge in [0.25, 0.3) is 0 Å². The molecule has 0 saturated heterocycles. The summed E-state index contributed by atoms with van der Waals surface area (Å²) in [6, 6.07) is 1.55. The van der Waals surface area contributed by atoms with E-state index in [1.54, 1.807) is 0 Å². The van der Waals surface area contributed by atoms with Crippen molar-refractivity contribution >= 4 is 22.0 Å². The molecule has 0 bridgehead atoms. The second-order valence-corrected chi connectivity index (χ2v) is 6.07. The Morgan fingerprint density at radius 1 is 1.33 bits per heavy atom. The lowest BCUT2D eigenvalue weighted by atomic mass is 10.2. The summed E-state index contributed by atoms with van der Waals surface area (Å²) in [5.41, 5.74) is 0.245. The number of carboxylic acid groups (broad SMARTS) is 2. The zero-order valence-corrected chi connectivity index (χ0v) is 11.9. The number of aliphatic carboxylic acids is 2. The number of carboxylic acids is 2. The minimum Gasteiger partial charge on any atom is -0.481 e. The van der Waals surface area contributed by atoms with Crippen LogP contribution in [0.25, 0.3) is 0 Å². The summed E-state index contributed by atoms with van der Waals surface area (Å²) < 4.78 is 39.2. The van der Waals surface area contributed by atoms with Crippen LogP contribution >= 0.6 is 0 Å². The average Bonchev–Trinajstić information content (AvgIpc) is 2.37. The average molecular weight is 319 g/mol. The Balaban J connectivity index is 2.97. The van der Waals surface area contributed by atoms with Gasteiger partial charge < -0.3 is 10.2 Å². The third kappa shape index (κ3) is 4.80. The number of carbonyl (C=O) groups is 2. The van der Waals surface area contributed by atoms with Crippen molar-refractivity contribution in [3.05, 3.63) is 29.6 Å². The second-order valence-electron chi connectivity index (χ2n) is 4.36. The Morgan fingerprint density at radius 3 is 2.43 bits per heavy atom. The maximum absolute atomic E-state index is 13.4. The standard InChI is InChI=1S/C12H14FNO6S/c1-7-2-3-8(6-9(7)13)21(19,20)14-10(12(17)18)4-5-11(15)16/h2-3,6,10,14H,4-5H2,1H3,(H,15,16)(H,17,18). The van der Waals surface area contributed by atoms with E-state index < -0.39 is 51.6 Å². The van der Waals surface area contributed by atoms with Crippen LogP contribution in [0.4, 0.5) is 4.39 Å². The van der Waals surface area contributed by atoms with Gasteiger partial charge in [-0.2, -0.15) is 4.72 Å². The van der Waals surface area contributed by atoms with E-state index in [2.05, 4.69) is 0 Å². The Kier molecular flexibility index (Phi) is 5.39. The lowest BCUT2D eigenvalue weighted by Gasteiger charge is -2.14. The molecule has 1 aromatic rings. The quantitative estimate of drug-likeness (QED) is 0.681. The Labute approximate surface area is 120 Å². The molecule has 1 atom stereocenters. The molecule has 21 heavy (non-hydrogen) atoms. The highest BCUT2D eigenvalue weighted by atomic mass is 32.2. The topological polar surface area (TPSA) is 121 Å². The molecule has 0 aliphatic heterocycles. The van der Waals surface area contributed by atoms with Gasteiger partial charge in [0.15, 0.2) is 0 Å². The van der Waals surface area contributed by atoms with Gasteiger partial charge in [0.2, 0.25) is 10.0 Å². The third-order valence-electron chi connectivity index (χ3n) is 2.70. The summed E-state index contributed by atoms with van der Waals surface area (Å²) >= 11 is 0. The van der Waals surface area contributed by atoms with Crippen molar-refractivity contribution in [2.45, 2.75) is 30.7 Å². The fourth-order valence-corrected chi connectivity index (χ4v) is 2.73. The maximum Gasteiger partial charge on any atom is 0.321 e. The highest BCUT2D eigenvalue weighted by Crippen LogP contribution is 2.15. The van der Waals surface area contributed by atoms with Gasteiger partial charge in [0.05, 0.1) is 4.90 Å². The first kappa shape index (κ1) is 17.1. The highest BCUT2D eigenvalue weighted by molar-refractivity contribution is 7.89. The molecule has 0 spiro atoms. The monoisotopic (exact) mass is 319 g/mol. The van der Waals surface area contributed by atoms with E-state index >= 15 is 0 Å². The molecule has 0 aliphatic rings. The summed E-state index contributed by atoms with van der Waals surface area (Å²) in [5.74, 6) is -3.50. The molecular weight excluding hydrogens is 305 g/mol. The molecule has 0 amide bonds. The first-order chi connectivity index (χ1) is 9.63. The fraction of sp³-hybridized carbons (Fsp3) is 0.333. The van der Waals surface area contributed by atoms with E-state index in [0.717, 1.165) is 12.1 Å². The third-order valence-corrected chi connectivity index (χ3v) is 4.17. The first-order valence-corrected chi connectivity index (χ1v) is 7.35. The van der Waals surface area contributed by atoms with Crippen molar-refractivity contribution in [2.75, 3.05) is 0 Å². The highest BCUT2D eigenvalue weighted by Gasteiger charge is 2.26. The van der Waals surface area contributed by atoms with Crippen molar-refractivity contribution in [3.63, 3.8) is 0 Å². The van der Waals surface area contributed by atoms with Crippen molar-refractivity contribution < 1.29 is 32.6 Å². The number of nitrogens with one attached hydrogen (secondary N) is 1. The van der Waals surface area contributed by atoms with Crippen LogP contribution < -0.4 is 4.72 Å². The number of benzene rings is 1. The predicted molar refractivity (Wildman–Crippen MR) is 69.8 cm³/mol. The number of sulfonamides is 1. The molecule has 0 saturated carbocycles. The largest absolute Gasteiger partial charge is 0.481 e. The number of rotatable bonds is 7. The molecule has 116 valence electrons. The Hall–Kier alpha value is -2.00. The van der Waals surface area contributed by atoms with Gasteiger partial charge in [-0.25, -0.2) is 12.8 Å².